The number of ether oxygens (including phenoxy) is 1. The van der Waals surface area contributed by atoms with Gasteiger partial charge in [-0.3, -0.25) is 9.59 Å². The van der Waals surface area contributed by atoms with Gasteiger partial charge in [0.1, 0.15) is 6.04 Å². The molecule has 0 radical (unpaired) electrons. The highest BCUT2D eigenvalue weighted by Crippen LogP contribution is 2.46. The highest BCUT2D eigenvalue weighted by Gasteiger charge is 2.50. The van der Waals surface area contributed by atoms with Crippen molar-refractivity contribution in [2.75, 3.05) is 20.2 Å². The Balaban J connectivity index is 1.69. The van der Waals surface area contributed by atoms with Gasteiger partial charge < -0.3 is 20.1 Å². The Bertz CT molecular complexity index is 1050. The van der Waals surface area contributed by atoms with Crippen LogP contribution >= 0.6 is 0 Å². The zero-order chi connectivity index (χ0) is 24.4. The molecule has 1 aliphatic rings. The van der Waals surface area contributed by atoms with E-state index in [1.54, 1.807) is 30.0 Å². The van der Waals surface area contributed by atoms with Crippen LogP contribution in [0.1, 0.15) is 59.0 Å². The summed E-state index contributed by atoms with van der Waals surface area (Å²) >= 11 is 0. The fraction of sp³-hybridized carbons (Fsp3) is 0.423. The Morgan fingerprint density at radius 2 is 1.73 bits per heavy atom. The first-order valence-corrected chi connectivity index (χ1v) is 11.1. The average Bonchev–Trinajstić information content (AvgIpc) is 2.80. The number of amides is 2. The molecule has 7 heteroatoms. The number of carbonyl (C=O) groups excluding carboxylic acids is 3. The highest BCUT2D eigenvalue weighted by molar-refractivity contribution is 5.99. The molecule has 7 nitrogen and oxygen atoms in total. The minimum absolute atomic E-state index is 0.216. The first kappa shape index (κ1) is 24.5. The van der Waals surface area contributed by atoms with Gasteiger partial charge in [-0.25, -0.2) is 4.79 Å². The number of benzene rings is 2. The predicted molar refractivity (Wildman–Crippen MR) is 125 cm³/mol. The number of esters is 1. The number of likely N-dealkylation sites (tertiary alicyclic amines) is 1. The fourth-order valence-electron chi connectivity index (χ4n) is 4.40. The van der Waals surface area contributed by atoms with E-state index < -0.39 is 28.9 Å². The quantitative estimate of drug-likeness (QED) is 0.680. The third kappa shape index (κ3) is 4.93. The van der Waals surface area contributed by atoms with Crippen molar-refractivity contribution >= 4 is 17.8 Å². The molecule has 0 bridgehead atoms. The third-order valence-electron chi connectivity index (χ3n) is 6.55. The average molecular weight is 453 g/mol. The van der Waals surface area contributed by atoms with Crippen molar-refractivity contribution in [3.05, 3.63) is 70.8 Å². The van der Waals surface area contributed by atoms with E-state index >= 15 is 0 Å². The van der Waals surface area contributed by atoms with Gasteiger partial charge in [0.05, 0.1) is 18.3 Å². The number of piperidine rings is 1. The van der Waals surface area contributed by atoms with Gasteiger partial charge in [-0.2, -0.15) is 0 Å². The number of aliphatic hydroxyl groups is 1. The van der Waals surface area contributed by atoms with Crippen molar-refractivity contribution in [2.45, 2.75) is 45.8 Å². The lowest BCUT2D eigenvalue weighted by Crippen LogP contribution is -2.59. The molecule has 0 unspecified atom stereocenters. The molecular formula is C26H32N2O5. The first-order valence-electron chi connectivity index (χ1n) is 11.1. The molecule has 176 valence electrons. The monoisotopic (exact) mass is 452 g/mol. The van der Waals surface area contributed by atoms with Crippen molar-refractivity contribution in [1.29, 1.82) is 0 Å². The van der Waals surface area contributed by atoms with Crippen LogP contribution in [0.25, 0.3) is 0 Å². The number of hydrogen-bond donors (Lipinski definition) is 2. The maximum atomic E-state index is 13.1. The summed E-state index contributed by atoms with van der Waals surface area (Å²) in [5, 5.41) is 14.3. The molecule has 1 heterocycles. The molecular weight excluding hydrogens is 420 g/mol. The fourth-order valence-corrected chi connectivity index (χ4v) is 4.40. The van der Waals surface area contributed by atoms with Crippen LogP contribution in [0.2, 0.25) is 0 Å². The Kier molecular flexibility index (Phi) is 6.93. The topological polar surface area (TPSA) is 95.9 Å². The van der Waals surface area contributed by atoms with Gasteiger partial charge in [0, 0.05) is 24.1 Å². The smallest absolute Gasteiger partial charge is 0.337 e. The number of carbonyl (C=O) groups is 3. The molecule has 2 aromatic rings. The van der Waals surface area contributed by atoms with Crippen LogP contribution in [0.4, 0.5) is 0 Å². The second-order valence-electron chi connectivity index (χ2n) is 9.39. The molecule has 1 aliphatic heterocycles. The number of aryl methyl sites for hydroxylation is 1. The largest absolute Gasteiger partial charge is 0.465 e. The lowest BCUT2D eigenvalue weighted by atomic mass is 9.66. The van der Waals surface area contributed by atoms with Crippen LogP contribution in [0.15, 0.2) is 48.5 Å². The van der Waals surface area contributed by atoms with E-state index in [-0.39, 0.29) is 17.0 Å². The SMILES string of the molecule is COC(=O)c1cccc(C(=O)N[C@H](C)C(=O)N2CC[C@](O)(c3ccc(C)cc3)C(C)(C)C2)c1. The van der Waals surface area contributed by atoms with Crippen molar-refractivity contribution < 1.29 is 24.2 Å². The van der Waals surface area contributed by atoms with Gasteiger partial charge in [0.15, 0.2) is 0 Å². The van der Waals surface area contributed by atoms with Crippen LogP contribution in [0.5, 0.6) is 0 Å². The Morgan fingerprint density at radius 3 is 2.33 bits per heavy atom. The van der Waals surface area contributed by atoms with Crippen LogP contribution in [-0.4, -0.2) is 54.0 Å². The summed E-state index contributed by atoms with van der Waals surface area (Å²) < 4.78 is 4.69. The molecule has 0 spiro atoms. The van der Waals surface area contributed by atoms with Crippen molar-refractivity contribution in [3.63, 3.8) is 0 Å². The Labute approximate surface area is 194 Å². The van der Waals surface area contributed by atoms with Gasteiger partial charge in [0.25, 0.3) is 5.91 Å². The van der Waals surface area contributed by atoms with E-state index in [0.29, 0.717) is 19.5 Å². The van der Waals surface area contributed by atoms with Crippen molar-refractivity contribution in [2.24, 2.45) is 5.41 Å². The van der Waals surface area contributed by atoms with Crippen LogP contribution in [0, 0.1) is 12.3 Å². The van der Waals surface area contributed by atoms with E-state index in [4.69, 9.17) is 4.74 Å². The van der Waals surface area contributed by atoms with Gasteiger partial charge in [-0.05, 0) is 44.0 Å². The highest BCUT2D eigenvalue weighted by atomic mass is 16.5. The Morgan fingerprint density at radius 1 is 1.09 bits per heavy atom. The van der Waals surface area contributed by atoms with Gasteiger partial charge >= 0.3 is 5.97 Å². The summed E-state index contributed by atoms with van der Waals surface area (Å²) in [5.74, 6) is -1.20. The number of rotatable bonds is 5. The number of nitrogens with one attached hydrogen (secondary N) is 1. The van der Waals surface area contributed by atoms with E-state index in [2.05, 4.69) is 5.32 Å². The van der Waals surface area contributed by atoms with Crippen molar-refractivity contribution in [3.8, 4) is 0 Å². The summed E-state index contributed by atoms with van der Waals surface area (Å²) in [6.45, 7) is 8.28. The van der Waals surface area contributed by atoms with Gasteiger partial charge in [0.2, 0.25) is 5.91 Å². The van der Waals surface area contributed by atoms with Gasteiger partial charge in [-0.15, -0.1) is 0 Å². The number of nitrogens with zero attached hydrogens (tertiary/aromatic N) is 1. The first-order chi connectivity index (χ1) is 15.5. The molecule has 33 heavy (non-hydrogen) atoms. The summed E-state index contributed by atoms with van der Waals surface area (Å²) in [6, 6.07) is 13.2. The molecule has 2 amide bonds. The zero-order valence-corrected chi connectivity index (χ0v) is 19.8. The lowest BCUT2D eigenvalue weighted by molar-refractivity contribution is -0.154. The van der Waals surface area contributed by atoms with Crippen LogP contribution in [-0.2, 0) is 15.1 Å². The molecule has 2 N–H and O–H groups in total. The minimum atomic E-state index is -1.06. The van der Waals surface area contributed by atoms with E-state index in [1.165, 1.54) is 13.2 Å². The second-order valence-corrected chi connectivity index (χ2v) is 9.39. The Hall–Kier alpha value is -3.19. The standard InChI is InChI=1S/C26H32N2O5/c1-17-9-11-21(12-10-17)26(32)13-14-28(16-25(26,3)4)23(30)18(2)27-22(29)19-7-6-8-20(15-19)24(31)33-5/h6-12,15,18,32H,13-14,16H2,1-5H3,(H,27,29)/t18-,26+/m1/s1. The molecule has 1 saturated heterocycles. The van der Waals surface area contributed by atoms with Gasteiger partial charge in [-0.1, -0.05) is 49.7 Å². The number of methoxy groups -OCH3 is 1. The summed E-state index contributed by atoms with van der Waals surface area (Å²) in [4.78, 5) is 39.2. The molecule has 1 fully saturated rings. The van der Waals surface area contributed by atoms with E-state index in [0.717, 1.165) is 11.1 Å². The maximum Gasteiger partial charge on any atom is 0.337 e. The predicted octanol–water partition coefficient (Wildman–Crippen LogP) is 3.05. The van der Waals surface area contributed by atoms with Crippen LogP contribution in [0.3, 0.4) is 0 Å². The second kappa shape index (κ2) is 9.35. The summed E-state index contributed by atoms with van der Waals surface area (Å²) in [5.41, 5.74) is 0.849. The third-order valence-corrected chi connectivity index (χ3v) is 6.55. The number of hydrogen-bond acceptors (Lipinski definition) is 5. The molecule has 3 rings (SSSR count). The molecule has 0 aromatic heterocycles. The molecule has 0 aliphatic carbocycles. The summed E-state index contributed by atoms with van der Waals surface area (Å²) in [7, 11) is 1.27. The zero-order valence-electron chi connectivity index (χ0n) is 19.8. The van der Waals surface area contributed by atoms with E-state index in [1.807, 2.05) is 45.0 Å². The molecule has 2 atom stereocenters. The summed E-state index contributed by atoms with van der Waals surface area (Å²) in [6.07, 6.45) is 0.399. The maximum absolute atomic E-state index is 13.1. The minimum Gasteiger partial charge on any atom is -0.465 e. The molecule has 0 saturated carbocycles. The lowest BCUT2D eigenvalue weighted by Gasteiger charge is -2.51. The van der Waals surface area contributed by atoms with E-state index in [9.17, 15) is 19.5 Å². The normalized spacial score (nSPS) is 20.6. The molecule has 2 aromatic carbocycles. The van der Waals surface area contributed by atoms with Crippen LogP contribution < -0.4 is 5.32 Å². The van der Waals surface area contributed by atoms with Crippen molar-refractivity contribution in [1.82, 2.24) is 10.2 Å².